The molecule has 0 radical (unpaired) electrons. The number of aromatic nitrogens is 3. The molecule has 0 aliphatic heterocycles. The summed E-state index contributed by atoms with van der Waals surface area (Å²) in [6.07, 6.45) is 6.44. The van der Waals surface area contributed by atoms with E-state index in [-0.39, 0.29) is 11.8 Å². The van der Waals surface area contributed by atoms with Crippen molar-refractivity contribution < 1.29 is 4.79 Å². The quantitative estimate of drug-likeness (QED) is 0.806. The van der Waals surface area contributed by atoms with Gasteiger partial charge in [-0.3, -0.25) is 4.79 Å². The number of benzene rings is 2. The van der Waals surface area contributed by atoms with E-state index in [1.165, 1.54) is 11.1 Å². The predicted molar refractivity (Wildman–Crippen MR) is 92.1 cm³/mol. The number of nitrogens with zero attached hydrogens (tertiary/aromatic N) is 3. The van der Waals surface area contributed by atoms with Gasteiger partial charge in [-0.1, -0.05) is 29.5 Å². The number of carbonyl (C=O) groups excluding carboxylic acids is 1. The fourth-order valence-corrected chi connectivity index (χ4v) is 3.30. The average Bonchev–Trinajstić information content (AvgIpc) is 3.16. The third kappa shape index (κ3) is 2.80. The van der Waals surface area contributed by atoms with Crippen LogP contribution in [-0.4, -0.2) is 20.9 Å². The van der Waals surface area contributed by atoms with Gasteiger partial charge in [0, 0.05) is 5.69 Å². The van der Waals surface area contributed by atoms with Crippen LogP contribution < -0.4 is 5.32 Å². The lowest BCUT2D eigenvalue weighted by Gasteiger charge is -2.24. The lowest BCUT2D eigenvalue weighted by molar-refractivity contribution is -0.117. The summed E-state index contributed by atoms with van der Waals surface area (Å²) in [5.74, 6) is 0.000554. The molecule has 0 spiro atoms. The highest BCUT2D eigenvalue weighted by Gasteiger charge is 2.26. The van der Waals surface area contributed by atoms with E-state index in [1.807, 2.05) is 36.4 Å². The first kappa shape index (κ1) is 14.6. The van der Waals surface area contributed by atoms with Crippen LogP contribution in [0.4, 0.5) is 5.69 Å². The maximum atomic E-state index is 12.7. The van der Waals surface area contributed by atoms with E-state index in [1.54, 1.807) is 17.1 Å². The molecule has 5 nitrogen and oxygen atoms in total. The van der Waals surface area contributed by atoms with Gasteiger partial charge in [-0.15, -0.1) is 5.10 Å². The molecule has 5 heteroatoms. The van der Waals surface area contributed by atoms with Crippen LogP contribution in [0.25, 0.3) is 5.69 Å². The van der Waals surface area contributed by atoms with Gasteiger partial charge in [-0.25, -0.2) is 4.68 Å². The van der Waals surface area contributed by atoms with Crippen molar-refractivity contribution in [3.05, 3.63) is 72.1 Å². The fourth-order valence-electron chi connectivity index (χ4n) is 3.30. The zero-order valence-electron chi connectivity index (χ0n) is 13.2. The van der Waals surface area contributed by atoms with E-state index in [2.05, 4.69) is 27.8 Å². The molecule has 2 aromatic carbocycles. The van der Waals surface area contributed by atoms with Gasteiger partial charge in [0.25, 0.3) is 0 Å². The second kappa shape index (κ2) is 6.28. The van der Waals surface area contributed by atoms with Gasteiger partial charge in [-0.05, 0) is 54.7 Å². The van der Waals surface area contributed by atoms with Crippen molar-refractivity contribution in [2.75, 3.05) is 5.32 Å². The van der Waals surface area contributed by atoms with Gasteiger partial charge in [0.2, 0.25) is 5.91 Å². The summed E-state index contributed by atoms with van der Waals surface area (Å²) in [7, 11) is 0. The van der Waals surface area contributed by atoms with Crippen molar-refractivity contribution in [1.29, 1.82) is 0 Å². The zero-order valence-corrected chi connectivity index (χ0v) is 13.2. The second-order valence-corrected chi connectivity index (χ2v) is 6.03. The molecular formula is C19H18N4O. The first-order valence-corrected chi connectivity index (χ1v) is 8.17. The van der Waals surface area contributed by atoms with Gasteiger partial charge in [-0.2, -0.15) is 0 Å². The van der Waals surface area contributed by atoms with Crippen molar-refractivity contribution in [1.82, 2.24) is 15.0 Å². The number of nitrogens with one attached hydrogen (secondary N) is 1. The molecule has 1 aliphatic carbocycles. The predicted octanol–water partition coefficient (Wildman–Crippen LogP) is 3.33. The molecule has 1 unspecified atom stereocenters. The average molecular weight is 318 g/mol. The van der Waals surface area contributed by atoms with Crippen molar-refractivity contribution in [2.24, 2.45) is 0 Å². The lowest BCUT2D eigenvalue weighted by Crippen LogP contribution is -2.24. The van der Waals surface area contributed by atoms with Gasteiger partial charge in [0.1, 0.15) is 0 Å². The highest BCUT2D eigenvalue weighted by atomic mass is 16.1. The molecule has 1 aliphatic rings. The summed E-state index contributed by atoms with van der Waals surface area (Å²) >= 11 is 0. The highest BCUT2D eigenvalue weighted by Crippen LogP contribution is 2.32. The van der Waals surface area contributed by atoms with Crippen molar-refractivity contribution >= 4 is 11.6 Å². The second-order valence-electron chi connectivity index (χ2n) is 6.03. The van der Waals surface area contributed by atoms with Gasteiger partial charge in [0.15, 0.2) is 0 Å². The number of anilines is 1. The third-order valence-corrected chi connectivity index (χ3v) is 4.51. The van der Waals surface area contributed by atoms with Crippen LogP contribution in [0.2, 0.25) is 0 Å². The number of rotatable bonds is 3. The van der Waals surface area contributed by atoms with Crippen LogP contribution in [0.3, 0.4) is 0 Å². The van der Waals surface area contributed by atoms with Crippen LogP contribution >= 0.6 is 0 Å². The summed E-state index contributed by atoms with van der Waals surface area (Å²) < 4.78 is 1.68. The summed E-state index contributed by atoms with van der Waals surface area (Å²) in [5.41, 5.74) is 4.17. The minimum absolute atomic E-state index is 0.0649. The first-order chi connectivity index (χ1) is 11.8. The molecule has 24 heavy (non-hydrogen) atoms. The van der Waals surface area contributed by atoms with E-state index in [4.69, 9.17) is 0 Å². The maximum Gasteiger partial charge on any atom is 0.231 e. The molecule has 1 heterocycles. The van der Waals surface area contributed by atoms with E-state index in [0.717, 1.165) is 30.6 Å². The molecule has 1 N–H and O–H groups in total. The summed E-state index contributed by atoms with van der Waals surface area (Å²) in [6, 6.07) is 15.9. The van der Waals surface area contributed by atoms with Crippen molar-refractivity contribution in [3.63, 3.8) is 0 Å². The summed E-state index contributed by atoms with van der Waals surface area (Å²) in [6.45, 7) is 0. The molecule has 1 amide bonds. The van der Waals surface area contributed by atoms with Crippen LogP contribution in [-0.2, 0) is 11.2 Å². The Morgan fingerprint density at radius 1 is 1.12 bits per heavy atom. The maximum absolute atomic E-state index is 12.7. The summed E-state index contributed by atoms with van der Waals surface area (Å²) in [4.78, 5) is 12.7. The molecule has 1 atom stereocenters. The Kier molecular flexibility index (Phi) is 3.83. The highest BCUT2D eigenvalue weighted by molar-refractivity contribution is 5.96. The Balaban J connectivity index is 1.51. The topological polar surface area (TPSA) is 59.8 Å². The number of hydrogen-bond acceptors (Lipinski definition) is 3. The van der Waals surface area contributed by atoms with Crippen molar-refractivity contribution in [2.45, 2.75) is 25.2 Å². The Hall–Kier alpha value is -2.95. The zero-order chi connectivity index (χ0) is 16.4. The number of aryl methyl sites for hydroxylation is 1. The number of amides is 1. The molecule has 0 bridgehead atoms. The largest absolute Gasteiger partial charge is 0.326 e. The number of fused-ring (bicyclic) bond motifs is 1. The van der Waals surface area contributed by atoms with Gasteiger partial charge < -0.3 is 5.32 Å². The van der Waals surface area contributed by atoms with Gasteiger partial charge >= 0.3 is 0 Å². The fraction of sp³-hybridized carbons (Fsp3) is 0.211. The molecule has 0 fully saturated rings. The number of carbonyl (C=O) groups is 1. The Morgan fingerprint density at radius 2 is 1.96 bits per heavy atom. The lowest BCUT2D eigenvalue weighted by atomic mass is 9.82. The number of hydrogen-bond donors (Lipinski definition) is 1. The van der Waals surface area contributed by atoms with E-state index in [0.29, 0.717) is 0 Å². The Labute approximate surface area is 140 Å². The Bertz CT molecular complexity index is 840. The monoisotopic (exact) mass is 318 g/mol. The van der Waals surface area contributed by atoms with Crippen molar-refractivity contribution in [3.8, 4) is 5.69 Å². The molecule has 3 aromatic rings. The smallest absolute Gasteiger partial charge is 0.231 e. The van der Waals surface area contributed by atoms with Crippen LogP contribution in [0, 0.1) is 0 Å². The normalized spacial score (nSPS) is 16.4. The van der Waals surface area contributed by atoms with Crippen LogP contribution in [0.1, 0.15) is 29.9 Å². The standard InChI is InChI=1S/C19H18N4O/c24-19(18-7-3-5-14-4-1-2-6-17(14)18)21-15-8-10-16(11-9-15)23-13-12-20-22-23/h1-2,4,6,8-13,18H,3,5,7H2,(H,21,24). The SMILES string of the molecule is O=C(Nc1ccc(-n2ccnn2)cc1)C1CCCc2ccccc21. The molecule has 4 rings (SSSR count). The van der Waals surface area contributed by atoms with E-state index >= 15 is 0 Å². The van der Waals surface area contributed by atoms with Crippen LogP contribution in [0.15, 0.2) is 60.9 Å². The molecule has 1 aromatic heterocycles. The molecule has 0 saturated heterocycles. The molecular weight excluding hydrogens is 300 g/mol. The summed E-state index contributed by atoms with van der Waals surface area (Å²) in [5, 5.41) is 10.8. The van der Waals surface area contributed by atoms with E-state index < -0.39 is 0 Å². The Morgan fingerprint density at radius 3 is 2.75 bits per heavy atom. The third-order valence-electron chi connectivity index (χ3n) is 4.51. The van der Waals surface area contributed by atoms with Gasteiger partial charge in [0.05, 0.1) is 24.0 Å². The van der Waals surface area contributed by atoms with Crippen LogP contribution in [0.5, 0.6) is 0 Å². The first-order valence-electron chi connectivity index (χ1n) is 8.17. The minimum Gasteiger partial charge on any atom is -0.326 e. The minimum atomic E-state index is -0.0649. The van der Waals surface area contributed by atoms with E-state index in [9.17, 15) is 4.79 Å². The molecule has 0 saturated carbocycles. The molecule has 120 valence electrons.